The summed E-state index contributed by atoms with van der Waals surface area (Å²) in [7, 11) is -2.94. The van der Waals surface area contributed by atoms with Gasteiger partial charge >= 0.3 is 12.3 Å². The second-order valence-electron chi connectivity index (χ2n) is 10.7. The molecule has 0 fully saturated rings. The molecule has 0 spiro atoms. The molecule has 1 aromatic heterocycles. The van der Waals surface area contributed by atoms with E-state index in [1.54, 1.807) is 6.92 Å². The zero-order valence-corrected chi connectivity index (χ0v) is 26.0. The van der Waals surface area contributed by atoms with Crippen LogP contribution in [0.4, 0.5) is 29.3 Å². The average Bonchev–Trinajstić information content (AvgIpc) is 3.28. The van der Waals surface area contributed by atoms with Gasteiger partial charge in [0.2, 0.25) is 5.60 Å². The Morgan fingerprint density at radius 1 is 1.30 bits per heavy atom. The van der Waals surface area contributed by atoms with Gasteiger partial charge in [-0.25, -0.2) is 18.2 Å². The van der Waals surface area contributed by atoms with Crippen molar-refractivity contribution in [1.29, 1.82) is 0 Å². The summed E-state index contributed by atoms with van der Waals surface area (Å²) < 4.78 is 80.8. The van der Waals surface area contributed by atoms with E-state index in [9.17, 15) is 26.4 Å². The van der Waals surface area contributed by atoms with Crippen molar-refractivity contribution >= 4 is 44.9 Å². The Bertz CT molecular complexity index is 1490. The summed E-state index contributed by atoms with van der Waals surface area (Å²) in [4.78, 5) is 21.3. The number of halogens is 4. The predicted octanol–water partition coefficient (Wildman–Crippen LogP) is 5.51. The molecular weight excluding hydrogens is 617 g/mol. The van der Waals surface area contributed by atoms with Crippen LogP contribution in [-0.4, -0.2) is 61.7 Å². The van der Waals surface area contributed by atoms with Crippen LogP contribution >= 0.6 is 11.6 Å². The molecule has 43 heavy (non-hydrogen) atoms. The number of rotatable bonds is 10. The predicted molar refractivity (Wildman–Crippen MR) is 155 cm³/mol. The standard InChI is InChI=1S/C26H34ClF3N6O6S/c1-8-31-22(34-40-7)24(3,4)13-17-14-36(43(38,39)20-15-35(9-2)33-21(20)27)18-12-16(10-11-19(18)41-17)32-23(37)42-25(5,6)26(28,29)30/h8,10-12,15,17H,1,9,13-14H2,2-7H3,(H,31,34)(H,32,37). The molecule has 2 aromatic rings. The van der Waals surface area contributed by atoms with E-state index in [2.05, 4.69) is 32.2 Å². The van der Waals surface area contributed by atoms with Gasteiger partial charge < -0.3 is 9.47 Å². The highest BCUT2D eigenvalue weighted by molar-refractivity contribution is 7.93. The maximum atomic E-state index is 14.0. The molecule has 2 N–H and O–H groups in total. The Balaban J connectivity index is 2.03. The number of fused-ring (bicyclic) bond motifs is 1. The minimum Gasteiger partial charge on any atom is -0.486 e. The molecule has 0 aliphatic carbocycles. The van der Waals surface area contributed by atoms with Crippen molar-refractivity contribution in [1.82, 2.24) is 15.3 Å². The van der Waals surface area contributed by atoms with Crippen LogP contribution in [0.1, 0.15) is 41.0 Å². The van der Waals surface area contributed by atoms with Gasteiger partial charge in [-0.1, -0.05) is 32.0 Å². The van der Waals surface area contributed by atoms with Crippen LogP contribution in [-0.2, 0) is 26.1 Å². The molecule has 0 radical (unpaired) electrons. The smallest absolute Gasteiger partial charge is 0.427 e. The van der Waals surface area contributed by atoms with Gasteiger partial charge in [-0.15, -0.1) is 0 Å². The maximum Gasteiger partial charge on any atom is 0.427 e. The van der Waals surface area contributed by atoms with Gasteiger partial charge in [0.25, 0.3) is 10.0 Å². The minimum atomic E-state index is -4.82. The Kier molecular flexibility index (Phi) is 9.98. The highest BCUT2D eigenvalue weighted by Gasteiger charge is 2.51. The molecule has 1 amide bonds. The van der Waals surface area contributed by atoms with E-state index in [-0.39, 0.29) is 40.1 Å². The molecule has 1 unspecified atom stereocenters. The van der Waals surface area contributed by atoms with Gasteiger partial charge in [0, 0.05) is 30.0 Å². The fraction of sp³-hybridized carbons (Fsp3) is 0.500. The van der Waals surface area contributed by atoms with Crippen molar-refractivity contribution in [2.24, 2.45) is 10.4 Å². The number of aryl methyl sites for hydroxylation is 1. The number of carbonyl (C=O) groups excluding carboxylic acids is 1. The average molecular weight is 651 g/mol. The molecule has 1 aromatic carbocycles. The molecule has 1 aliphatic heterocycles. The Hall–Kier alpha value is -3.50. The van der Waals surface area contributed by atoms with Crippen LogP contribution in [0.3, 0.4) is 0 Å². The molecular formula is C26H34ClF3N6O6S. The minimum absolute atomic E-state index is 0.0113. The summed E-state index contributed by atoms with van der Waals surface area (Å²) in [5, 5.41) is 6.01. The number of hydrogen-bond donors (Lipinski definition) is 2. The summed E-state index contributed by atoms with van der Waals surface area (Å²) >= 11 is 6.23. The molecule has 0 saturated carbocycles. The fourth-order valence-electron chi connectivity index (χ4n) is 4.18. The van der Waals surface area contributed by atoms with E-state index < -0.39 is 39.4 Å². The fourth-order valence-corrected chi connectivity index (χ4v) is 6.13. The van der Waals surface area contributed by atoms with Gasteiger partial charge in [0.05, 0.1) is 19.3 Å². The molecule has 12 nitrogen and oxygen atoms in total. The van der Waals surface area contributed by atoms with Gasteiger partial charge in [-0.2, -0.15) is 18.3 Å². The van der Waals surface area contributed by atoms with Crippen molar-refractivity contribution in [3.05, 3.63) is 42.3 Å². The number of anilines is 2. The number of hydroxylamine groups is 1. The highest BCUT2D eigenvalue weighted by atomic mass is 35.5. The van der Waals surface area contributed by atoms with Crippen LogP contribution < -0.4 is 19.8 Å². The third kappa shape index (κ3) is 7.54. The van der Waals surface area contributed by atoms with E-state index in [1.165, 1.54) is 42.4 Å². The van der Waals surface area contributed by atoms with Gasteiger partial charge in [-0.3, -0.25) is 24.6 Å². The van der Waals surface area contributed by atoms with Crippen LogP contribution in [0.25, 0.3) is 0 Å². The number of hydrogen-bond acceptors (Lipinski definition) is 8. The maximum absolute atomic E-state index is 14.0. The lowest BCUT2D eigenvalue weighted by molar-refractivity contribution is -0.242. The lowest BCUT2D eigenvalue weighted by Gasteiger charge is -2.38. The first kappa shape index (κ1) is 34.0. The van der Waals surface area contributed by atoms with E-state index in [4.69, 9.17) is 21.2 Å². The van der Waals surface area contributed by atoms with Crippen molar-refractivity contribution in [2.45, 2.75) is 70.4 Å². The molecule has 1 aliphatic rings. The van der Waals surface area contributed by atoms with Gasteiger partial charge in [0.1, 0.15) is 22.6 Å². The lowest BCUT2D eigenvalue weighted by Crippen LogP contribution is -2.47. The summed E-state index contributed by atoms with van der Waals surface area (Å²) in [5.41, 5.74) is -0.810. The number of amidine groups is 1. The van der Waals surface area contributed by atoms with Gasteiger partial charge in [-0.05, 0) is 45.4 Å². The van der Waals surface area contributed by atoms with Gasteiger partial charge in [0.15, 0.2) is 5.15 Å². The first-order chi connectivity index (χ1) is 19.9. The number of sulfonamides is 1. The second kappa shape index (κ2) is 12.6. The lowest BCUT2D eigenvalue weighted by atomic mass is 9.85. The summed E-state index contributed by atoms with van der Waals surface area (Å²) in [6, 6.07) is 3.99. The number of benzene rings is 1. The van der Waals surface area contributed by atoms with E-state index in [0.717, 1.165) is 4.31 Å². The summed E-state index contributed by atoms with van der Waals surface area (Å²) in [6.45, 7) is 10.6. The third-order valence-corrected chi connectivity index (χ3v) is 8.72. The number of nitrogens with zero attached hydrogens (tertiary/aromatic N) is 4. The number of carbonyl (C=O) groups is 1. The van der Waals surface area contributed by atoms with Crippen molar-refractivity contribution in [3.63, 3.8) is 0 Å². The zero-order chi connectivity index (χ0) is 32.4. The van der Waals surface area contributed by atoms with Crippen LogP contribution in [0, 0.1) is 5.41 Å². The van der Waals surface area contributed by atoms with Crippen molar-refractivity contribution in [2.75, 3.05) is 23.3 Å². The van der Waals surface area contributed by atoms with Crippen LogP contribution in [0.15, 0.2) is 47.1 Å². The molecule has 238 valence electrons. The van der Waals surface area contributed by atoms with E-state index >= 15 is 0 Å². The molecule has 1 atom stereocenters. The normalized spacial score (nSPS) is 16.3. The number of alkyl halides is 3. The Morgan fingerprint density at radius 3 is 2.53 bits per heavy atom. The van der Waals surface area contributed by atoms with Crippen molar-refractivity contribution < 1.29 is 40.7 Å². The quantitative estimate of drug-likeness (QED) is 0.195. The number of ether oxygens (including phenoxy) is 2. The molecule has 0 bridgehead atoms. The second-order valence-corrected chi connectivity index (χ2v) is 12.9. The molecule has 3 rings (SSSR count). The number of aromatic nitrogens is 2. The molecule has 0 saturated heterocycles. The van der Waals surface area contributed by atoms with E-state index in [0.29, 0.717) is 26.2 Å². The Morgan fingerprint density at radius 2 is 1.98 bits per heavy atom. The third-order valence-electron chi connectivity index (χ3n) is 6.54. The van der Waals surface area contributed by atoms with E-state index in [1.807, 2.05) is 13.8 Å². The summed E-state index contributed by atoms with van der Waals surface area (Å²) in [5.74, 6) is 0.548. The topological polar surface area (TPSA) is 136 Å². The number of nitrogens with one attached hydrogen (secondary N) is 2. The zero-order valence-electron chi connectivity index (χ0n) is 24.5. The number of aliphatic imine (C=N–C) groups is 1. The molecule has 2 heterocycles. The number of amides is 1. The van der Waals surface area contributed by atoms with Crippen LogP contribution in [0.5, 0.6) is 5.75 Å². The SMILES string of the molecule is C=CN=C(NOC)C(C)(C)CC1CN(S(=O)(=O)c2cn(CC)nc2Cl)c2cc(NC(=O)OC(C)(C)C(F)(F)F)ccc2O1. The molecule has 17 heteroatoms. The Labute approximate surface area is 252 Å². The first-order valence-electron chi connectivity index (χ1n) is 13.0. The van der Waals surface area contributed by atoms with Crippen LogP contribution in [0.2, 0.25) is 5.15 Å². The first-order valence-corrected chi connectivity index (χ1v) is 14.8. The van der Waals surface area contributed by atoms with Crippen molar-refractivity contribution in [3.8, 4) is 5.75 Å². The summed E-state index contributed by atoms with van der Waals surface area (Å²) in [6.07, 6.45) is -4.05. The highest BCUT2D eigenvalue weighted by Crippen LogP contribution is 2.42. The monoisotopic (exact) mass is 650 g/mol. The largest absolute Gasteiger partial charge is 0.486 e.